The molecule has 0 aliphatic rings. The Morgan fingerprint density at radius 2 is 2.06 bits per heavy atom. The van der Waals surface area contributed by atoms with E-state index in [4.69, 9.17) is 0 Å². The fourth-order valence-electron chi connectivity index (χ4n) is 1.65. The highest BCUT2D eigenvalue weighted by molar-refractivity contribution is 5.19. The molecule has 88 valence electrons. The van der Waals surface area contributed by atoms with Gasteiger partial charge >= 0.3 is 0 Å². The van der Waals surface area contributed by atoms with Crippen LogP contribution in [0.15, 0.2) is 41.3 Å². The lowest BCUT2D eigenvalue weighted by Gasteiger charge is -2.03. The minimum Gasteiger partial charge on any atom is -0.315 e. The summed E-state index contributed by atoms with van der Waals surface area (Å²) in [7, 11) is 1.80. The quantitative estimate of drug-likeness (QED) is 0.824. The minimum absolute atomic E-state index is 0.0692. The van der Waals surface area contributed by atoms with Crippen LogP contribution in [0.1, 0.15) is 17.0 Å². The van der Waals surface area contributed by atoms with E-state index in [1.54, 1.807) is 13.2 Å². The van der Waals surface area contributed by atoms with Gasteiger partial charge < -0.3 is 10.3 Å². The van der Waals surface area contributed by atoms with Crippen LogP contribution in [0, 0.1) is 0 Å². The predicted molar refractivity (Wildman–Crippen MR) is 66.9 cm³/mol. The zero-order chi connectivity index (χ0) is 12.1. The molecule has 0 atom stereocenters. The minimum atomic E-state index is -0.0692. The van der Waals surface area contributed by atoms with Crippen molar-refractivity contribution in [2.75, 3.05) is 7.05 Å². The Kier molecular flexibility index (Phi) is 3.67. The summed E-state index contributed by atoms with van der Waals surface area (Å²) in [6, 6.07) is 9.95. The van der Waals surface area contributed by atoms with Crippen LogP contribution < -0.4 is 10.9 Å². The second-order valence-electron chi connectivity index (χ2n) is 3.88. The highest BCUT2D eigenvalue weighted by atomic mass is 16.1. The van der Waals surface area contributed by atoms with Gasteiger partial charge in [-0.15, -0.1) is 0 Å². The number of H-pyrrole nitrogens is 1. The number of nitrogens with one attached hydrogen (secondary N) is 2. The third-order valence-corrected chi connectivity index (χ3v) is 2.51. The van der Waals surface area contributed by atoms with Gasteiger partial charge in [0.2, 0.25) is 0 Å². The molecule has 1 aromatic carbocycles. The molecule has 2 rings (SSSR count). The van der Waals surface area contributed by atoms with E-state index in [9.17, 15) is 4.79 Å². The standard InChI is InChI=1S/C13H15N3O/c1-14-8-11-9-15-12(16-13(11)17)7-10-5-3-2-4-6-10/h2-6,9,14H,7-8H2,1H3,(H,15,16,17). The van der Waals surface area contributed by atoms with Gasteiger partial charge in [-0.2, -0.15) is 0 Å². The van der Waals surface area contributed by atoms with E-state index in [0.29, 0.717) is 24.4 Å². The van der Waals surface area contributed by atoms with Gasteiger partial charge in [0.15, 0.2) is 0 Å². The summed E-state index contributed by atoms with van der Waals surface area (Å²) in [5.41, 5.74) is 1.72. The Morgan fingerprint density at radius 1 is 1.29 bits per heavy atom. The highest BCUT2D eigenvalue weighted by Crippen LogP contribution is 2.03. The number of hydrogen-bond acceptors (Lipinski definition) is 3. The van der Waals surface area contributed by atoms with Gasteiger partial charge in [-0.05, 0) is 12.6 Å². The van der Waals surface area contributed by atoms with Crippen molar-refractivity contribution in [2.45, 2.75) is 13.0 Å². The summed E-state index contributed by atoms with van der Waals surface area (Å²) < 4.78 is 0. The molecule has 0 fully saturated rings. The molecule has 0 unspecified atom stereocenters. The number of aromatic nitrogens is 2. The molecular weight excluding hydrogens is 214 g/mol. The van der Waals surface area contributed by atoms with Crippen molar-refractivity contribution in [2.24, 2.45) is 0 Å². The molecule has 0 saturated heterocycles. The average molecular weight is 229 g/mol. The Labute approximate surface area is 99.7 Å². The Hall–Kier alpha value is -1.94. The van der Waals surface area contributed by atoms with Gasteiger partial charge in [0.1, 0.15) is 5.82 Å². The summed E-state index contributed by atoms with van der Waals surface area (Å²) in [6.45, 7) is 0.536. The first-order chi connectivity index (χ1) is 8.29. The predicted octanol–water partition coefficient (Wildman–Crippen LogP) is 1.08. The van der Waals surface area contributed by atoms with E-state index < -0.39 is 0 Å². The molecule has 0 saturated carbocycles. The normalized spacial score (nSPS) is 10.4. The summed E-state index contributed by atoms with van der Waals surface area (Å²) in [5.74, 6) is 0.695. The van der Waals surface area contributed by atoms with Crippen LogP contribution in [0.4, 0.5) is 0 Å². The van der Waals surface area contributed by atoms with E-state index >= 15 is 0 Å². The monoisotopic (exact) mass is 229 g/mol. The highest BCUT2D eigenvalue weighted by Gasteiger charge is 2.02. The van der Waals surface area contributed by atoms with E-state index in [-0.39, 0.29) is 5.56 Å². The Balaban J connectivity index is 2.18. The first-order valence-corrected chi connectivity index (χ1v) is 5.55. The number of benzene rings is 1. The van der Waals surface area contributed by atoms with Crippen LogP contribution in [0.5, 0.6) is 0 Å². The lowest BCUT2D eigenvalue weighted by atomic mass is 10.1. The van der Waals surface area contributed by atoms with Gasteiger partial charge in [-0.3, -0.25) is 4.79 Å². The first kappa shape index (κ1) is 11.5. The third kappa shape index (κ3) is 3.01. The first-order valence-electron chi connectivity index (χ1n) is 5.55. The molecule has 4 heteroatoms. The maximum absolute atomic E-state index is 11.7. The molecule has 2 N–H and O–H groups in total. The van der Waals surface area contributed by atoms with Gasteiger partial charge in [0.05, 0.1) is 0 Å². The second kappa shape index (κ2) is 5.41. The maximum Gasteiger partial charge on any atom is 0.255 e. The van der Waals surface area contributed by atoms with Crippen LogP contribution in [0.3, 0.4) is 0 Å². The molecule has 0 bridgehead atoms. The lowest BCUT2D eigenvalue weighted by molar-refractivity contribution is 0.786. The maximum atomic E-state index is 11.7. The van der Waals surface area contributed by atoms with Gasteiger partial charge in [0.25, 0.3) is 5.56 Å². The fraction of sp³-hybridized carbons (Fsp3) is 0.231. The molecule has 1 aromatic heterocycles. The molecular formula is C13H15N3O. The summed E-state index contributed by atoms with van der Waals surface area (Å²) in [6.07, 6.45) is 2.28. The lowest BCUT2D eigenvalue weighted by Crippen LogP contribution is -2.20. The van der Waals surface area contributed by atoms with E-state index in [1.807, 2.05) is 30.3 Å². The van der Waals surface area contributed by atoms with Crippen LogP contribution in [-0.2, 0) is 13.0 Å². The second-order valence-corrected chi connectivity index (χ2v) is 3.88. The number of rotatable bonds is 4. The van der Waals surface area contributed by atoms with Crippen molar-refractivity contribution >= 4 is 0 Å². The van der Waals surface area contributed by atoms with Crippen molar-refractivity contribution in [3.05, 3.63) is 63.8 Å². The third-order valence-electron chi connectivity index (χ3n) is 2.51. The Bertz CT molecular complexity index is 534. The molecule has 1 heterocycles. The average Bonchev–Trinajstić information content (AvgIpc) is 2.34. The topological polar surface area (TPSA) is 57.8 Å². The van der Waals surface area contributed by atoms with Crippen LogP contribution in [0.2, 0.25) is 0 Å². The molecule has 4 nitrogen and oxygen atoms in total. The summed E-state index contributed by atoms with van der Waals surface area (Å²) >= 11 is 0. The molecule has 2 aromatic rings. The van der Waals surface area contributed by atoms with Crippen LogP contribution >= 0.6 is 0 Å². The van der Waals surface area contributed by atoms with Crippen LogP contribution in [0.25, 0.3) is 0 Å². The molecule has 0 aliphatic carbocycles. The van der Waals surface area contributed by atoms with E-state index in [0.717, 1.165) is 5.56 Å². The smallest absolute Gasteiger partial charge is 0.255 e. The number of aromatic amines is 1. The summed E-state index contributed by atoms with van der Waals surface area (Å²) in [4.78, 5) is 18.7. The van der Waals surface area contributed by atoms with Crippen molar-refractivity contribution in [3.63, 3.8) is 0 Å². The molecule has 17 heavy (non-hydrogen) atoms. The van der Waals surface area contributed by atoms with Gasteiger partial charge in [-0.25, -0.2) is 4.98 Å². The van der Waals surface area contributed by atoms with Crippen molar-refractivity contribution in [3.8, 4) is 0 Å². The fourth-order valence-corrected chi connectivity index (χ4v) is 1.65. The van der Waals surface area contributed by atoms with Gasteiger partial charge in [-0.1, -0.05) is 30.3 Å². The van der Waals surface area contributed by atoms with E-state index in [1.165, 1.54) is 0 Å². The molecule has 0 spiro atoms. The molecule has 0 radical (unpaired) electrons. The number of hydrogen-bond donors (Lipinski definition) is 2. The number of nitrogens with zero attached hydrogens (tertiary/aromatic N) is 1. The van der Waals surface area contributed by atoms with Crippen molar-refractivity contribution < 1.29 is 0 Å². The van der Waals surface area contributed by atoms with E-state index in [2.05, 4.69) is 15.3 Å². The zero-order valence-electron chi connectivity index (χ0n) is 9.73. The zero-order valence-corrected chi connectivity index (χ0v) is 9.73. The Morgan fingerprint density at radius 3 is 2.71 bits per heavy atom. The molecule has 0 amide bonds. The molecule has 0 aliphatic heterocycles. The van der Waals surface area contributed by atoms with Gasteiger partial charge in [0, 0.05) is 24.7 Å². The summed E-state index contributed by atoms with van der Waals surface area (Å²) in [5, 5.41) is 2.93. The van der Waals surface area contributed by atoms with Crippen molar-refractivity contribution in [1.82, 2.24) is 15.3 Å². The van der Waals surface area contributed by atoms with Crippen molar-refractivity contribution in [1.29, 1.82) is 0 Å². The largest absolute Gasteiger partial charge is 0.315 e. The van der Waals surface area contributed by atoms with Crippen LogP contribution in [-0.4, -0.2) is 17.0 Å². The SMILES string of the molecule is CNCc1cnc(Cc2ccccc2)[nH]c1=O.